The zero-order valence-corrected chi connectivity index (χ0v) is 12.2. The third-order valence-corrected chi connectivity index (χ3v) is 3.30. The van der Waals surface area contributed by atoms with Crippen molar-refractivity contribution < 1.29 is 0 Å². The number of nitrogens with one attached hydrogen (secondary N) is 1. The van der Waals surface area contributed by atoms with Gasteiger partial charge in [-0.1, -0.05) is 20.8 Å². The minimum Gasteiger partial charge on any atom is -0.399 e. The second-order valence-corrected chi connectivity index (χ2v) is 5.94. The molecule has 0 bridgehead atoms. The first-order valence-electron chi connectivity index (χ1n) is 6.64. The number of H-pyrrole nitrogens is 1. The first-order valence-corrected chi connectivity index (χ1v) is 6.64. The summed E-state index contributed by atoms with van der Waals surface area (Å²) in [5.41, 5.74) is 9.35. The molecule has 1 aromatic carbocycles. The minimum absolute atomic E-state index is 0.0400. The van der Waals surface area contributed by atoms with Gasteiger partial charge in [-0.25, -0.2) is 4.68 Å². The van der Waals surface area contributed by atoms with Gasteiger partial charge in [0.05, 0.1) is 17.4 Å². The van der Waals surface area contributed by atoms with Crippen LogP contribution in [0.4, 0.5) is 5.69 Å². The molecule has 0 amide bonds. The van der Waals surface area contributed by atoms with Crippen molar-refractivity contribution in [2.45, 2.75) is 26.2 Å². The number of nitrogen functional groups attached to an aromatic ring is 1. The summed E-state index contributed by atoms with van der Waals surface area (Å²) in [7, 11) is 0. The number of nitrogens with zero attached hydrogens (tertiary/aromatic N) is 5. The molecular weight excluding hydrogens is 266 g/mol. The zero-order valence-electron chi connectivity index (χ0n) is 12.2. The van der Waals surface area contributed by atoms with Gasteiger partial charge in [0.1, 0.15) is 0 Å². The van der Waals surface area contributed by atoms with Crippen LogP contribution in [0, 0.1) is 0 Å². The molecule has 3 N–H and O–H groups in total. The predicted molar refractivity (Wildman–Crippen MR) is 79.8 cm³/mol. The van der Waals surface area contributed by atoms with Crippen LogP contribution in [0.2, 0.25) is 0 Å². The second-order valence-electron chi connectivity index (χ2n) is 5.94. The highest BCUT2D eigenvalue weighted by Crippen LogP contribution is 2.28. The molecular formula is C14H17N7. The first-order chi connectivity index (χ1) is 9.95. The molecule has 0 atom stereocenters. The van der Waals surface area contributed by atoms with Crippen molar-refractivity contribution in [2.24, 2.45) is 0 Å². The van der Waals surface area contributed by atoms with Crippen molar-refractivity contribution in [3.63, 3.8) is 0 Å². The highest BCUT2D eigenvalue weighted by molar-refractivity contribution is 5.71. The van der Waals surface area contributed by atoms with E-state index in [1.54, 1.807) is 0 Å². The maximum Gasteiger partial charge on any atom is 0.206 e. The van der Waals surface area contributed by atoms with Crippen LogP contribution in [0.3, 0.4) is 0 Å². The molecule has 0 saturated carbocycles. The summed E-state index contributed by atoms with van der Waals surface area (Å²) < 4.78 is 1.81. The summed E-state index contributed by atoms with van der Waals surface area (Å²) in [6.07, 6.45) is 3.88. The van der Waals surface area contributed by atoms with Crippen molar-refractivity contribution in [3.8, 4) is 17.1 Å². The third-order valence-electron chi connectivity index (χ3n) is 3.30. The summed E-state index contributed by atoms with van der Waals surface area (Å²) >= 11 is 0. The van der Waals surface area contributed by atoms with E-state index in [-0.39, 0.29) is 5.41 Å². The van der Waals surface area contributed by atoms with Gasteiger partial charge < -0.3 is 5.73 Å². The van der Waals surface area contributed by atoms with E-state index in [4.69, 9.17) is 5.73 Å². The first kappa shape index (κ1) is 13.3. The van der Waals surface area contributed by atoms with E-state index >= 15 is 0 Å². The number of rotatable bonds is 2. The van der Waals surface area contributed by atoms with Crippen LogP contribution in [0.5, 0.6) is 0 Å². The van der Waals surface area contributed by atoms with E-state index < -0.39 is 0 Å². The molecule has 0 spiro atoms. The lowest BCUT2D eigenvalue weighted by molar-refractivity contribution is 0.590. The molecule has 108 valence electrons. The van der Waals surface area contributed by atoms with Gasteiger partial charge in [-0.15, -0.1) is 10.2 Å². The Balaban J connectivity index is 2.13. The molecule has 2 heterocycles. The molecule has 0 fully saturated rings. The Kier molecular flexibility index (Phi) is 2.97. The topological polar surface area (TPSA) is 98.3 Å². The van der Waals surface area contributed by atoms with Crippen molar-refractivity contribution in [2.75, 3.05) is 5.73 Å². The lowest BCUT2D eigenvalue weighted by Crippen LogP contribution is -2.09. The molecule has 3 aromatic rings. The van der Waals surface area contributed by atoms with Crippen LogP contribution in [-0.4, -0.2) is 30.4 Å². The summed E-state index contributed by atoms with van der Waals surface area (Å²) in [5.74, 6) is 0.491. The summed E-state index contributed by atoms with van der Waals surface area (Å²) in [5, 5.41) is 18.5. The number of anilines is 1. The summed E-state index contributed by atoms with van der Waals surface area (Å²) in [6, 6.07) is 5.55. The standard InChI is InChI=1S/C14H17N7/c1-14(2,3)9-7-16-21(8-9)12-5-4-10(15)6-11(12)13-17-19-20-18-13/h4-8H,15H2,1-3H3,(H,17,18,19,20). The molecule has 21 heavy (non-hydrogen) atoms. The largest absolute Gasteiger partial charge is 0.399 e. The summed E-state index contributed by atoms with van der Waals surface area (Å²) in [6.45, 7) is 6.45. The van der Waals surface area contributed by atoms with Gasteiger partial charge in [-0.3, -0.25) is 0 Å². The van der Waals surface area contributed by atoms with Gasteiger partial charge in [-0.05, 0) is 34.4 Å². The van der Waals surface area contributed by atoms with Gasteiger partial charge in [-0.2, -0.15) is 10.3 Å². The van der Waals surface area contributed by atoms with Crippen LogP contribution in [0.15, 0.2) is 30.6 Å². The van der Waals surface area contributed by atoms with Crippen molar-refractivity contribution in [3.05, 3.63) is 36.2 Å². The van der Waals surface area contributed by atoms with Crippen LogP contribution < -0.4 is 5.73 Å². The average molecular weight is 283 g/mol. The number of tetrazole rings is 1. The number of hydrogen-bond donors (Lipinski definition) is 2. The molecule has 0 aliphatic carbocycles. The zero-order chi connectivity index (χ0) is 15.0. The molecule has 3 rings (SSSR count). The van der Waals surface area contributed by atoms with Crippen molar-refractivity contribution in [1.29, 1.82) is 0 Å². The normalized spacial score (nSPS) is 11.8. The Bertz CT molecular complexity index is 750. The van der Waals surface area contributed by atoms with E-state index in [0.29, 0.717) is 11.5 Å². The average Bonchev–Trinajstić information content (AvgIpc) is 3.09. The van der Waals surface area contributed by atoms with Gasteiger partial charge >= 0.3 is 0 Å². The lowest BCUT2D eigenvalue weighted by Gasteiger charge is -2.15. The number of benzene rings is 1. The van der Waals surface area contributed by atoms with E-state index in [1.165, 1.54) is 0 Å². The monoisotopic (exact) mass is 283 g/mol. The predicted octanol–water partition coefficient (Wildman–Crippen LogP) is 1.93. The van der Waals surface area contributed by atoms with Crippen LogP contribution >= 0.6 is 0 Å². The fraction of sp³-hybridized carbons (Fsp3) is 0.286. The molecule has 0 saturated heterocycles. The molecule has 2 aromatic heterocycles. The summed E-state index contributed by atoms with van der Waals surface area (Å²) in [4.78, 5) is 0. The van der Waals surface area contributed by atoms with Crippen LogP contribution in [0.1, 0.15) is 26.3 Å². The van der Waals surface area contributed by atoms with E-state index in [9.17, 15) is 0 Å². The Hall–Kier alpha value is -2.70. The highest BCUT2D eigenvalue weighted by Gasteiger charge is 2.18. The Labute approximate surface area is 122 Å². The minimum atomic E-state index is 0.0400. The quantitative estimate of drug-likeness (QED) is 0.700. The van der Waals surface area contributed by atoms with Gasteiger partial charge in [0.25, 0.3) is 0 Å². The molecule has 0 aliphatic heterocycles. The fourth-order valence-electron chi connectivity index (χ4n) is 2.05. The maximum atomic E-state index is 5.87. The number of aromatic nitrogens is 6. The SMILES string of the molecule is CC(C)(C)c1cnn(-c2ccc(N)cc2-c2nn[nH]n2)c1. The Morgan fingerprint density at radius 3 is 2.67 bits per heavy atom. The molecule has 0 aliphatic rings. The van der Waals surface area contributed by atoms with Crippen molar-refractivity contribution >= 4 is 5.69 Å². The van der Waals surface area contributed by atoms with Gasteiger partial charge in [0.2, 0.25) is 5.82 Å². The van der Waals surface area contributed by atoms with Gasteiger partial charge in [0.15, 0.2) is 0 Å². The number of nitrogens with two attached hydrogens (primary N) is 1. The van der Waals surface area contributed by atoms with Gasteiger partial charge in [0, 0.05) is 11.9 Å². The molecule has 7 nitrogen and oxygen atoms in total. The fourth-order valence-corrected chi connectivity index (χ4v) is 2.05. The molecule has 0 radical (unpaired) electrons. The smallest absolute Gasteiger partial charge is 0.206 e. The lowest BCUT2D eigenvalue weighted by atomic mass is 9.90. The van der Waals surface area contributed by atoms with Crippen LogP contribution in [0.25, 0.3) is 17.1 Å². The highest BCUT2D eigenvalue weighted by atomic mass is 15.5. The molecule has 7 heteroatoms. The number of hydrogen-bond acceptors (Lipinski definition) is 5. The second kappa shape index (κ2) is 4.69. The van der Waals surface area contributed by atoms with E-state index in [0.717, 1.165) is 16.8 Å². The maximum absolute atomic E-state index is 5.87. The Morgan fingerprint density at radius 2 is 2.05 bits per heavy atom. The van der Waals surface area contributed by atoms with E-state index in [1.807, 2.05) is 35.3 Å². The molecule has 0 unspecified atom stereocenters. The van der Waals surface area contributed by atoms with Crippen molar-refractivity contribution in [1.82, 2.24) is 30.4 Å². The third kappa shape index (κ3) is 2.49. The van der Waals surface area contributed by atoms with Crippen LogP contribution in [-0.2, 0) is 5.41 Å². The van der Waals surface area contributed by atoms with E-state index in [2.05, 4.69) is 46.5 Å². The Morgan fingerprint density at radius 1 is 1.24 bits per heavy atom. The number of aromatic amines is 1.